The van der Waals surface area contributed by atoms with Crippen molar-refractivity contribution < 1.29 is 4.79 Å². The maximum absolute atomic E-state index is 12.3. The van der Waals surface area contributed by atoms with Gasteiger partial charge in [-0.05, 0) is 55.9 Å². The Balaban J connectivity index is 1.33. The molecule has 5 nitrogen and oxygen atoms in total. The number of hydrogen-bond donors (Lipinski definition) is 3. The van der Waals surface area contributed by atoms with Crippen LogP contribution in [0.25, 0.3) is 11.4 Å². The van der Waals surface area contributed by atoms with E-state index in [1.54, 1.807) is 12.4 Å². The number of nitrogens with zero attached hydrogens (tertiary/aromatic N) is 1. The summed E-state index contributed by atoms with van der Waals surface area (Å²) in [7, 11) is 0. The molecule has 1 aromatic carbocycles. The van der Waals surface area contributed by atoms with Crippen LogP contribution in [0.2, 0.25) is 0 Å². The average molecular weight is 310 g/mol. The number of carbonyl (C=O) groups excluding carboxylic acids is 1. The zero-order valence-corrected chi connectivity index (χ0v) is 13.1. The van der Waals surface area contributed by atoms with Gasteiger partial charge in [0.1, 0.15) is 5.82 Å². The Morgan fingerprint density at radius 1 is 1.17 bits per heavy atom. The molecular formula is C18H22N4O. The van der Waals surface area contributed by atoms with E-state index in [2.05, 4.69) is 20.6 Å². The molecule has 0 spiro atoms. The van der Waals surface area contributed by atoms with Gasteiger partial charge in [-0.15, -0.1) is 0 Å². The van der Waals surface area contributed by atoms with Crippen LogP contribution in [0.5, 0.6) is 0 Å². The lowest BCUT2D eigenvalue weighted by Gasteiger charge is -2.28. The summed E-state index contributed by atoms with van der Waals surface area (Å²) in [6.07, 6.45) is 9.00. The first-order valence-corrected chi connectivity index (χ1v) is 8.42. The lowest BCUT2D eigenvalue weighted by atomic mass is 9.89. The number of rotatable bonds is 4. The van der Waals surface area contributed by atoms with Gasteiger partial charge in [-0.1, -0.05) is 0 Å². The SMILES string of the molecule is O=C(CC1CC2CCC(C1)N2)Nc1ccc(-c2ncc[nH]2)cc1. The Morgan fingerprint density at radius 2 is 1.91 bits per heavy atom. The number of imidazole rings is 1. The van der Waals surface area contributed by atoms with Gasteiger partial charge in [-0.25, -0.2) is 4.98 Å². The molecule has 2 fully saturated rings. The van der Waals surface area contributed by atoms with E-state index in [0.29, 0.717) is 24.4 Å². The first-order valence-electron chi connectivity index (χ1n) is 8.42. The van der Waals surface area contributed by atoms with Crippen LogP contribution in [0.4, 0.5) is 5.69 Å². The number of nitrogens with one attached hydrogen (secondary N) is 3. The van der Waals surface area contributed by atoms with Crippen LogP contribution in [-0.2, 0) is 4.79 Å². The second-order valence-electron chi connectivity index (χ2n) is 6.74. The fourth-order valence-corrected chi connectivity index (χ4v) is 3.95. The molecule has 2 saturated heterocycles. The monoisotopic (exact) mass is 310 g/mol. The van der Waals surface area contributed by atoms with Crippen LogP contribution in [-0.4, -0.2) is 28.0 Å². The van der Waals surface area contributed by atoms with Crippen molar-refractivity contribution in [3.8, 4) is 11.4 Å². The van der Waals surface area contributed by atoms with E-state index in [9.17, 15) is 4.79 Å². The van der Waals surface area contributed by atoms with Crippen LogP contribution in [0, 0.1) is 5.92 Å². The smallest absolute Gasteiger partial charge is 0.224 e. The van der Waals surface area contributed by atoms with Crippen molar-refractivity contribution in [1.82, 2.24) is 15.3 Å². The predicted octanol–water partition coefficient (Wildman–Crippen LogP) is 2.94. The summed E-state index contributed by atoms with van der Waals surface area (Å²) in [4.78, 5) is 19.6. The Kier molecular flexibility index (Phi) is 3.87. The van der Waals surface area contributed by atoms with Gasteiger partial charge in [0.05, 0.1) is 0 Å². The van der Waals surface area contributed by atoms with Gasteiger partial charge >= 0.3 is 0 Å². The molecule has 1 amide bonds. The highest BCUT2D eigenvalue weighted by Crippen LogP contribution is 2.32. The zero-order chi connectivity index (χ0) is 15.6. The fraction of sp³-hybridized carbons (Fsp3) is 0.444. The van der Waals surface area contributed by atoms with Crippen LogP contribution >= 0.6 is 0 Å². The Labute approximate surface area is 135 Å². The van der Waals surface area contributed by atoms with E-state index in [-0.39, 0.29) is 5.91 Å². The minimum absolute atomic E-state index is 0.127. The van der Waals surface area contributed by atoms with E-state index < -0.39 is 0 Å². The molecule has 3 N–H and O–H groups in total. The number of aromatic nitrogens is 2. The van der Waals surface area contributed by atoms with Crippen molar-refractivity contribution in [3.05, 3.63) is 36.7 Å². The first-order chi connectivity index (χ1) is 11.3. The first kappa shape index (κ1) is 14.5. The molecule has 3 heterocycles. The Morgan fingerprint density at radius 3 is 2.57 bits per heavy atom. The summed E-state index contributed by atoms with van der Waals surface area (Å²) in [5.74, 6) is 1.49. The van der Waals surface area contributed by atoms with E-state index in [4.69, 9.17) is 0 Å². The van der Waals surface area contributed by atoms with Gasteiger partial charge in [0, 0.05) is 42.1 Å². The number of H-pyrrole nitrogens is 1. The van der Waals surface area contributed by atoms with Gasteiger partial charge in [-0.3, -0.25) is 4.79 Å². The van der Waals surface area contributed by atoms with E-state index in [1.165, 1.54) is 12.8 Å². The van der Waals surface area contributed by atoms with Crippen molar-refractivity contribution in [3.63, 3.8) is 0 Å². The van der Waals surface area contributed by atoms with Crippen LogP contribution in [0.1, 0.15) is 32.1 Å². The normalized spacial score (nSPS) is 26.2. The van der Waals surface area contributed by atoms with Crippen LogP contribution in [0.15, 0.2) is 36.7 Å². The maximum Gasteiger partial charge on any atom is 0.224 e. The molecule has 1 aromatic heterocycles. The van der Waals surface area contributed by atoms with Gasteiger partial charge < -0.3 is 15.6 Å². The van der Waals surface area contributed by atoms with Crippen molar-refractivity contribution in [2.24, 2.45) is 5.92 Å². The lowest BCUT2D eigenvalue weighted by molar-refractivity contribution is -0.117. The number of piperidine rings is 1. The molecule has 2 bridgehead atoms. The van der Waals surface area contributed by atoms with Crippen LogP contribution < -0.4 is 10.6 Å². The standard InChI is InChI=1S/C18H22N4O/c23-17(11-12-9-15-5-6-16(10-12)21-15)22-14-3-1-13(2-4-14)18-19-7-8-20-18/h1-4,7-8,12,15-16,21H,5-6,9-11H2,(H,19,20)(H,22,23). The molecule has 5 heteroatoms. The summed E-state index contributed by atoms with van der Waals surface area (Å²) in [6, 6.07) is 9.08. The average Bonchev–Trinajstić information content (AvgIpc) is 3.18. The lowest BCUT2D eigenvalue weighted by Crippen LogP contribution is -2.39. The predicted molar refractivity (Wildman–Crippen MR) is 89.9 cm³/mol. The number of carbonyl (C=O) groups is 1. The second-order valence-corrected chi connectivity index (χ2v) is 6.74. The molecule has 2 aromatic rings. The summed E-state index contributed by atoms with van der Waals surface area (Å²) in [5.41, 5.74) is 1.87. The minimum atomic E-state index is 0.127. The molecule has 0 saturated carbocycles. The summed E-state index contributed by atoms with van der Waals surface area (Å²) in [6.45, 7) is 0. The van der Waals surface area contributed by atoms with Crippen LogP contribution in [0.3, 0.4) is 0 Å². The third kappa shape index (κ3) is 3.29. The van der Waals surface area contributed by atoms with Gasteiger partial charge in [0.2, 0.25) is 5.91 Å². The zero-order valence-electron chi connectivity index (χ0n) is 13.1. The van der Waals surface area contributed by atoms with Crippen molar-refractivity contribution in [2.75, 3.05) is 5.32 Å². The topological polar surface area (TPSA) is 69.8 Å². The number of aromatic amines is 1. The quantitative estimate of drug-likeness (QED) is 0.813. The van der Waals surface area contributed by atoms with Gasteiger partial charge in [-0.2, -0.15) is 0 Å². The summed E-state index contributed by atoms with van der Waals surface area (Å²) in [5, 5.41) is 6.64. The number of fused-ring (bicyclic) bond motifs is 2. The molecular weight excluding hydrogens is 288 g/mol. The van der Waals surface area contributed by atoms with E-state index in [1.807, 2.05) is 24.3 Å². The molecule has 4 rings (SSSR count). The molecule has 2 atom stereocenters. The molecule has 0 radical (unpaired) electrons. The Hall–Kier alpha value is -2.14. The Bertz CT molecular complexity index is 653. The number of hydrogen-bond acceptors (Lipinski definition) is 3. The highest BCUT2D eigenvalue weighted by atomic mass is 16.1. The van der Waals surface area contributed by atoms with Gasteiger partial charge in [0.25, 0.3) is 0 Å². The molecule has 120 valence electrons. The maximum atomic E-state index is 12.3. The minimum Gasteiger partial charge on any atom is -0.345 e. The molecule has 2 aliphatic rings. The highest BCUT2D eigenvalue weighted by Gasteiger charge is 2.34. The third-order valence-corrected chi connectivity index (χ3v) is 4.99. The number of anilines is 1. The van der Waals surface area contributed by atoms with Crippen molar-refractivity contribution >= 4 is 11.6 Å². The van der Waals surface area contributed by atoms with Crippen molar-refractivity contribution in [1.29, 1.82) is 0 Å². The molecule has 2 aliphatic heterocycles. The van der Waals surface area contributed by atoms with E-state index in [0.717, 1.165) is 29.9 Å². The fourth-order valence-electron chi connectivity index (χ4n) is 3.95. The molecule has 23 heavy (non-hydrogen) atoms. The highest BCUT2D eigenvalue weighted by molar-refractivity contribution is 5.91. The molecule has 2 unspecified atom stereocenters. The summed E-state index contributed by atoms with van der Waals surface area (Å²) < 4.78 is 0. The largest absolute Gasteiger partial charge is 0.345 e. The molecule has 0 aliphatic carbocycles. The van der Waals surface area contributed by atoms with Crippen molar-refractivity contribution in [2.45, 2.75) is 44.2 Å². The summed E-state index contributed by atoms with van der Waals surface area (Å²) >= 11 is 0. The van der Waals surface area contributed by atoms with E-state index >= 15 is 0 Å². The third-order valence-electron chi connectivity index (χ3n) is 4.99. The second kappa shape index (κ2) is 6.16. The van der Waals surface area contributed by atoms with Gasteiger partial charge in [0.15, 0.2) is 0 Å². The number of benzene rings is 1. The number of amides is 1.